The van der Waals surface area contributed by atoms with E-state index < -0.39 is 24.9 Å². The fraction of sp³-hybridized carbons (Fsp3) is 0.278. The summed E-state index contributed by atoms with van der Waals surface area (Å²) in [4.78, 5) is 11.8. The van der Waals surface area contributed by atoms with Crippen molar-refractivity contribution in [3.05, 3.63) is 66.0 Å². The minimum Gasteiger partial charge on any atom is -0.374 e. The lowest BCUT2D eigenvalue weighted by Crippen LogP contribution is -2.34. The van der Waals surface area contributed by atoms with Crippen molar-refractivity contribution in [3.8, 4) is 0 Å². The molecule has 4 nitrogen and oxygen atoms in total. The van der Waals surface area contributed by atoms with Crippen molar-refractivity contribution < 1.29 is 23.4 Å². The Morgan fingerprint density at radius 2 is 1.88 bits per heavy atom. The summed E-state index contributed by atoms with van der Waals surface area (Å²) in [5.41, 5.74) is 0.0540. The molecule has 0 fully saturated rings. The van der Waals surface area contributed by atoms with Gasteiger partial charge in [0.2, 0.25) is 0 Å². The van der Waals surface area contributed by atoms with Gasteiger partial charge < -0.3 is 9.63 Å². The Morgan fingerprint density at radius 1 is 1.21 bits per heavy atom. The molecule has 0 spiro atoms. The number of halogens is 1. The maximum atomic E-state index is 13.7. The number of carbonyl (C=O) groups excluding carboxylic acids is 1. The van der Waals surface area contributed by atoms with E-state index in [2.05, 4.69) is 0 Å². The number of hydrogen-bond acceptors (Lipinski definition) is 4. The van der Waals surface area contributed by atoms with E-state index >= 15 is 0 Å². The van der Waals surface area contributed by atoms with Crippen LogP contribution in [0.4, 0.5) is 4.39 Å². The van der Waals surface area contributed by atoms with E-state index in [0.29, 0.717) is 0 Å². The van der Waals surface area contributed by atoms with Gasteiger partial charge in [-0.2, -0.15) is 0 Å². The van der Waals surface area contributed by atoms with E-state index in [-0.39, 0.29) is 23.3 Å². The van der Waals surface area contributed by atoms with Gasteiger partial charge in [-0.15, -0.1) is 0 Å². The zero-order valence-corrected chi connectivity index (χ0v) is 14.5. The lowest BCUT2D eigenvalue weighted by molar-refractivity contribution is -0.120. The van der Waals surface area contributed by atoms with Gasteiger partial charge in [-0.25, -0.2) is 4.39 Å². The van der Waals surface area contributed by atoms with Gasteiger partial charge in [0.25, 0.3) is 7.37 Å². The zero-order chi connectivity index (χ0) is 17.8. The summed E-state index contributed by atoms with van der Waals surface area (Å²) in [6.45, 7) is 3.00. The number of hydrogen-bond donors (Lipinski definition) is 1. The molecule has 0 aromatic heterocycles. The van der Waals surface area contributed by atoms with Crippen molar-refractivity contribution in [1.29, 1.82) is 0 Å². The minimum atomic E-state index is -3.92. The highest BCUT2D eigenvalue weighted by Crippen LogP contribution is 2.63. The van der Waals surface area contributed by atoms with Crippen LogP contribution in [-0.4, -0.2) is 17.5 Å². The molecule has 0 aliphatic carbocycles. The Morgan fingerprint density at radius 3 is 2.42 bits per heavy atom. The van der Waals surface area contributed by atoms with E-state index in [1.807, 2.05) is 0 Å². The van der Waals surface area contributed by atoms with Crippen molar-refractivity contribution in [2.24, 2.45) is 0 Å². The molecule has 0 amide bonds. The fourth-order valence-corrected chi connectivity index (χ4v) is 5.29. The molecule has 0 saturated heterocycles. The molecule has 1 N–H and O–H groups in total. The van der Waals surface area contributed by atoms with Gasteiger partial charge in [0.1, 0.15) is 11.6 Å². The minimum absolute atomic E-state index is 0.0540. The van der Waals surface area contributed by atoms with E-state index in [1.165, 1.54) is 25.1 Å². The van der Waals surface area contributed by atoms with Crippen LogP contribution in [0.3, 0.4) is 0 Å². The van der Waals surface area contributed by atoms with Gasteiger partial charge in [0.15, 0.2) is 5.34 Å². The van der Waals surface area contributed by atoms with Crippen LogP contribution in [-0.2, 0) is 19.2 Å². The van der Waals surface area contributed by atoms with E-state index in [9.17, 15) is 18.9 Å². The monoisotopic (exact) mass is 350 g/mol. The van der Waals surface area contributed by atoms with Gasteiger partial charge in [-0.05, 0) is 43.7 Å². The Kier molecular flexibility index (Phi) is 5.70. The van der Waals surface area contributed by atoms with E-state index in [4.69, 9.17) is 4.52 Å². The zero-order valence-electron chi connectivity index (χ0n) is 13.6. The average molecular weight is 350 g/mol. The maximum absolute atomic E-state index is 13.7. The van der Waals surface area contributed by atoms with Crippen molar-refractivity contribution in [2.75, 3.05) is 6.61 Å². The first-order valence-corrected chi connectivity index (χ1v) is 9.24. The van der Waals surface area contributed by atoms with Crippen LogP contribution in [0.15, 0.2) is 54.6 Å². The van der Waals surface area contributed by atoms with Gasteiger partial charge in [0.05, 0.1) is 6.61 Å². The quantitative estimate of drug-likeness (QED) is 0.775. The first-order chi connectivity index (χ1) is 11.3. The smallest absolute Gasteiger partial charge is 0.267 e. The number of rotatable bonds is 7. The number of carbonyl (C=O) groups is 1. The lowest BCUT2D eigenvalue weighted by Gasteiger charge is -2.35. The predicted molar refractivity (Wildman–Crippen MR) is 90.9 cm³/mol. The van der Waals surface area contributed by atoms with Crippen LogP contribution >= 0.6 is 7.37 Å². The van der Waals surface area contributed by atoms with Crippen LogP contribution in [0.5, 0.6) is 0 Å². The topological polar surface area (TPSA) is 63.6 Å². The van der Waals surface area contributed by atoms with Crippen LogP contribution < -0.4 is 5.30 Å². The highest BCUT2D eigenvalue weighted by atomic mass is 31.2. The van der Waals surface area contributed by atoms with Gasteiger partial charge in [-0.3, -0.25) is 9.36 Å². The second-order valence-electron chi connectivity index (χ2n) is 5.51. The molecule has 0 unspecified atom stereocenters. The standard InChI is InChI=1S/C18H20FO4P/c1-3-23-24(22,17-10-5-4-6-11-17)18(21,13-14(2)20)15-8-7-9-16(19)12-15/h4-12,21H,3,13H2,1-2H3/t18-,24+/m1/s1. The summed E-state index contributed by atoms with van der Waals surface area (Å²) >= 11 is 0. The Balaban J connectivity index is 2.71. The van der Waals surface area contributed by atoms with Crippen molar-refractivity contribution >= 4 is 18.5 Å². The summed E-state index contributed by atoms with van der Waals surface area (Å²) in [5, 5.41) is 9.44. The molecule has 0 bridgehead atoms. The molecule has 0 aliphatic rings. The summed E-state index contributed by atoms with van der Waals surface area (Å²) in [6.07, 6.45) is -0.442. The number of ketones is 1. The van der Waals surface area contributed by atoms with Gasteiger partial charge in [-0.1, -0.05) is 30.3 Å². The Hall–Kier alpha value is -1.81. The molecule has 2 atom stereocenters. The van der Waals surface area contributed by atoms with E-state index in [0.717, 1.165) is 6.07 Å². The molecule has 0 saturated carbocycles. The van der Waals surface area contributed by atoms with Crippen LogP contribution in [0.2, 0.25) is 0 Å². The highest BCUT2D eigenvalue weighted by Gasteiger charge is 2.51. The highest BCUT2D eigenvalue weighted by molar-refractivity contribution is 7.67. The molecular weight excluding hydrogens is 330 g/mol. The number of benzene rings is 2. The summed E-state index contributed by atoms with van der Waals surface area (Å²) in [6, 6.07) is 13.4. The molecule has 2 aromatic rings. The molecule has 6 heteroatoms. The molecule has 0 heterocycles. The first kappa shape index (κ1) is 18.5. The number of Topliss-reactive ketones (excluding diaryl/α,β-unsaturated/α-hetero) is 1. The Bertz CT molecular complexity index is 763. The van der Waals surface area contributed by atoms with Crippen LogP contribution in [0.1, 0.15) is 25.8 Å². The van der Waals surface area contributed by atoms with Crippen LogP contribution in [0, 0.1) is 5.82 Å². The van der Waals surface area contributed by atoms with Crippen molar-refractivity contribution in [3.63, 3.8) is 0 Å². The summed E-state index contributed by atoms with van der Waals surface area (Å²) in [7, 11) is -3.92. The molecule has 24 heavy (non-hydrogen) atoms. The SMILES string of the molecule is CCO[P@@](=O)(c1ccccc1)[C@](O)(CC(C)=O)c1cccc(F)c1. The molecule has 128 valence electrons. The molecule has 2 rings (SSSR count). The largest absolute Gasteiger partial charge is 0.374 e. The van der Waals surface area contributed by atoms with Crippen molar-refractivity contribution in [1.82, 2.24) is 0 Å². The third-order valence-corrected chi connectivity index (χ3v) is 6.67. The molecule has 2 aromatic carbocycles. The summed E-state index contributed by atoms with van der Waals surface area (Å²) < 4.78 is 32.9. The fourth-order valence-electron chi connectivity index (χ4n) is 2.66. The average Bonchev–Trinajstić information content (AvgIpc) is 2.55. The van der Waals surface area contributed by atoms with Crippen LogP contribution in [0.25, 0.3) is 0 Å². The van der Waals surface area contributed by atoms with Gasteiger partial charge >= 0.3 is 0 Å². The first-order valence-electron chi connectivity index (χ1n) is 7.61. The maximum Gasteiger partial charge on any atom is 0.267 e. The second-order valence-corrected chi connectivity index (χ2v) is 8.13. The summed E-state index contributed by atoms with van der Waals surface area (Å²) in [5.74, 6) is -0.969. The van der Waals surface area contributed by atoms with E-state index in [1.54, 1.807) is 37.3 Å². The molecule has 0 aliphatic heterocycles. The second kappa shape index (κ2) is 7.39. The molecule has 0 radical (unpaired) electrons. The van der Waals surface area contributed by atoms with Crippen molar-refractivity contribution in [2.45, 2.75) is 25.6 Å². The molecular formula is C18H20FO4P. The third kappa shape index (κ3) is 3.48. The number of aliphatic hydroxyl groups is 1. The normalized spacial score (nSPS) is 16.2. The lowest BCUT2D eigenvalue weighted by atomic mass is 10.0. The van der Waals surface area contributed by atoms with Gasteiger partial charge in [0, 0.05) is 11.7 Å². The predicted octanol–water partition coefficient (Wildman–Crippen LogP) is 3.59. The third-order valence-electron chi connectivity index (χ3n) is 3.68. The Labute approximate surface area is 140 Å².